The van der Waals surface area contributed by atoms with Gasteiger partial charge < -0.3 is 5.73 Å². The Morgan fingerprint density at radius 2 is 2.36 bits per heavy atom. The summed E-state index contributed by atoms with van der Waals surface area (Å²) in [5.41, 5.74) is 4.70. The molecule has 0 aromatic rings. The summed E-state index contributed by atoms with van der Waals surface area (Å²) in [4.78, 5) is 24.6. The van der Waals surface area contributed by atoms with Gasteiger partial charge in [-0.2, -0.15) is 0 Å². The fourth-order valence-corrected chi connectivity index (χ4v) is 0.423. The van der Waals surface area contributed by atoms with Crippen LogP contribution in [0.3, 0.4) is 0 Å². The average molecular weight is 161 g/mol. The maximum Gasteiger partial charge on any atom is 0.363 e. The minimum absolute atomic E-state index is 0.232. The second-order valence-electron chi connectivity index (χ2n) is 1.88. The monoisotopic (exact) mass is 161 g/mol. The van der Waals surface area contributed by atoms with Gasteiger partial charge in [-0.05, 0) is 11.6 Å². The van der Waals surface area contributed by atoms with Crippen LogP contribution in [-0.2, 0) is 4.84 Å². The topological polar surface area (TPSA) is 85.0 Å². The van der Waals surface area contributed by atoms with Crippen molar-refractivity contribution in [3.05, 3.63) is 4.91 Å². The first-order valence-corrected chi connectivity index (χ1v) is 3.28. The minimum atomic E-state index is -1.00. The van der Waals surface area contributed by atoms with Crippen LogP contribution >= 0.6 is 0 Å². The first kappa shape index (κ1) is 9.83. The van der Waals surface area contributed by atoms with Crippen LogP contribution in [0.5, 0.6) is 0 Å². The highest BCUT2D eigenvalue weighted by Crippen LogP contribution is 1.94. The number of nitrogens with two attached hydrogens (primary N) is 1. The molecule has 0 spiro atoms. The Labute approximate surface area is 64.2 Å². The second kappa shape index (κ2) is 5.60. The van der Waals surface area contributed by atoms with Gasteiger partial charge in [-0.25, -0.2) is 9.63 Å². The van der Waals surface area contributed by atoms with E-state index < -0.39 is 6.03 Å². The first-order chi connectivity index (χ1) is 5.22. The van der Waals surface area contributed by atoms with E-state index in [1.54, 1.807) is 0 Å². The molecule has 2 amide bonds. The number of nitrogens with zero attached hydrogens (tertiary/aromatic N) is 2. The van der Waals surface area contributed by atoms with Gasteiger partial charge in [0, 0.05) is 0 Å². The van der Waals surface area contributed by atoms with Crippen molar-refractivity contribution in [2.24, 2.45) is 11.0 Å². The predicted molar refractivity (Wildman–Crippen MR) is 38.1 cm³/mol. The Kier molecular flexibility index (Phi) is 5.01. The largest absolute Gasteiger partial charge is 0.363 e. The summed E-state index contributed by atoms with van der Waals surface area (Å²) >= 11 is 0. The van der Waals surface area contributed by atoms with Gasteiger partial charge in [0.05, 0.1) is 11.9 Å². The Morgan fingerprint density at radius 3 is 2.73 bits per heavy atom. The van der Waals surface area contributed by atoms with Gasteiger partial charge in [0.25, 0.3) is 0 Å². The van der Waals surface area contributed by atoms with Gasteiger partial charge in [-0.15, -0.1) is 4.91 Å². The number of hydrogen-bond acceptors (Lipinski definition) is 4. The minimum Gasteiger partial charge on any atom is -0.348 e. The van der Waals surface area contributed by atoms with E-state index in [4.69, 9.17) is 5.73 Å². The second-order valence-corrected chi connectivity index (χ2v) is 1.88. The molecule has 0 aliphatic heterocycles. The molecule has 0 aliphatic carbocycles. The number of carbonyl (C=O) groups is 1. The van der Waals surface area contributed by atoms with Gasteiger partial charge in [0.15, 0.2) is 0 Å². The molecule has 0 radical (unpaired) electrons. The van der Waals surface area contributed by atoms with E-state index in [2.05, 4.69) is 10.1 Å². The summed E-state index contributed by atoms with van der Waals surface area (Å²) in [7, 11) is 0. The summed E-state index contributed by atoms with van der Waals surface area (Å²) < 4.78 is 0. The molecule has 0 heterocycles. The van der Waals surface area contributed by atoms with Gasteiger partial charge in [-0.1, -0.05) is 13.3 Å². The molecule has 6 heteroatoms. The van der Waals surface area contributed by atoms with Crippen LogP contribution in [0.2, 0.25) is 0 Å². The van der Waals surface area contributed by atoms with Crippen molar-refractivity contribution in [1.82, 2.24) is 5.17 Å². The molecule has 0 aliphatic rings. The Hall–Kier alpha value is -1.17. The Balaban J connectivity index is 3.52. The number of carbonyl (C=O) groups excluding carboxylic acids is 1. The number of primary amides is 1. The maximum atomic E-state index is 10.3. The number of hydrogen-bond donors (Lipinski definition) is 1. The zero-order valence-corrected chi connectivity index (χ0v) is 6.32. The molecule has 2 N–H and O–H groups in total. The van der Waals surface area contributed by atoms with Crippen molar-refractivity contribution < 1.29 is 9.63 Å². The molecule has 0 unspecified atom stereocenters. The Bertz CT molecular complexity index is 139. The highest BCUT2D eigenvalue weighted by molar-refractivity contribution is 5.70. The van der Waals surface area contributed by atoms with E-state index in [1.165, 1.54) is 0 Å². The van der Waals surface area contributed by atoms with Crippen LogP contribution < -0.4 is 5.73 Å². The lowest BCUT2D eigenvalue weighted by Gasteiger charge is -2.08. The average Bonchev–Trinajstić information content (AvgIpc) is 1.97. The molecule has 0 rings (SSSR count). The van der Waals surface area contributed by atoms with E-state index in [0.29, 0.717) is 0 Å². The molecule has 0 atom stereocenters. The van der Waals surface area contributed by atoms with Crippen LogP contribution in [0.1, 0.15) is 19.8 Å². The van der Waals surface area contributed by atoms with E-state index in [9.17, 15) is 9.70 Å². The predicted octanol–water partition coefficient (Wildman–Crippen LogP) is 0.780. The summed E-state index contributed by atoms with van der Waals surface area (Å²) in [5, 5.41) is 2.48. The third-order valence-electron chi connectivity index (χ3n) is 0.974. The molecule has 0 saturated carbocycles. The molecular formula is C5H11N3O3. The van der Waals surface area contributed by atoms with Gasteiger partial charge in [-0.3, -0.25) is 0 Å². The summed E-state index contributed by atoms with van der Waals surface area (Å²) in [6, 6.07) is -1.00. The summed E-state index contributed by atoms with van der Waals surface area (Å²) in [5.74, 6) is 0. The lowest BCUT2D eigenvalue weighted by atomic mass is 10.4. The molecule has 6 nitrogen and oxygen atoms in total. The molecule has 0 aromatic heterocycles. The smallest absolute Gasteiger partial charge is 0.348 e. The van der Waals surface area contributed by atoms with E-state index in [0.717, 1.165) is 12.8 Å². The van der Waals surface area contributed by atoms with Crippen molar-refractivity contribution in [2.45, 2.75) is 19.8 Å². The number of urea groups is 1. The quantitative estimate of drug-likeness (QED) is 0.367. The van der Waals surface area contributed by atoms with Crippen LogP contribution in [0.4, 0.5) is 4.79 Å². The summed E-state index contributed by atoms with van der Waals surface area (Å²) in [6.45, 7) is 2.22. The van der Waals surface area contributed by atoms with Gasteiger partial charge in [0.2, 0.25) is 0 Å². The third-order valence-corrected chi connectivity index (χ3v) is 0.974. The van der Waals surface area contributed by atoms with Gasteiger partial charge >= 0.3 is 6.03 Å². The zero-order valence-electron chi connectivity index (χ0n) is 6.32. The lowest BCUT2D eigenvalue weighted by molar-refractivity contribution is -0.116. The van der Waals surface area contributed by atoms with Crippen LogP contribution in [0.25, 0.3) is 0 Å². The third kappa shape index (κ3) is 4.26. The molecule has 0 fully saturated rings. The van der Waals surface area contributed by atoms with Crippen molar-refractivity contribution in [2.75, 3.05) is 6.61 Å². The Morgan fingerprint density at radius 1 is 1.73 bits per heavy atom. The van der Waals surface area contributed by atoms with Crippen LogP contribution in [0, 0.1) is 4.91 Å². The van der Waals surface area contributed by atoms with Gasteiger partial charge in [0.1, 0.15) is 0 Å². The first-order valence-electron chi connectivity index (χ1n) is 3.28. The molecule has 11 heavy (non-hydrogen) atoms. The fraction of sp³-hybridized carbons (Fsp3) is 0.800. The SMILES string of the molecule is CCCCON(N=O)C(N)=O. The van der Waals surface area contributed by atoms with Crippen molar-refractivity contribution in [3.63, 3.8) is 0 Å². The number of amides is 2. The number of unbranched alkanes of at least 4 members (excludes halogenated alkanes) is 1. The maximum absolute atomic E-state index is 10.3. The van der Waals surface area contributed by atoms with E-state index in [-0.39, 0.29) is 11.8 Å². The molecule has 0 aromatic carbocycles. The lowest BCUT2D eigenvalue weighted by Crippen LogP contribution is -2.31. The van der Waals surface area contributed by atoms with Crippen molar-refractivity contribution in [1.29, 1.82) is 0 Å². The zero-order chi connectivity index (χ0) is 8.69. The molecule has 64 valence electrons. The highest BCUT2D eigenvalue weighted by Gasteiger charge is 2.08. The molecular weight excluding hydrogens is 150 g/mol. The van der Waals surface area contributed by atoms with Crippen LogP contribution in [0.15, 0.2) is 5.29 Å². The van der Waals surface area contributed by atoms with E-state index in [1.807, 2.05) is 6.92 Å². The van der Waals surface area contributed by atoms with Crippen molar-refractivity contribution in [3.8, 4) is 0 Å². The number of nitroso groups, excluding NO2 is 1. The summed E-state index contributed by atoms with van der Waals surface area (Å²) in [6.07, 6.45) is 1.66. The van der Waals surface area contributed by atoms with Crippen molar-refractivity contribution >= 4 is 6.03 Å². The van der Waals surface area contributed by atoms with E-state index >= 15 is 0 Å². The highest BCUT2D eigenvalue weighted by atomic mass is 16.7. The standard InChI is InChI=1S/C5H11N3O3/c1-2-3-4-11-8(7-10)5(6)9/h2-4H2,1H3,(H2,6,9). The molecule has 0 saturated heterocycles. The normalized spacial score (nSPS) is 9.18. The fourth-order valence-electron chi connectivity index (χ4n) is 0.423. The number of rotatable bonds is 5. The molecule has 0 bridgehead atoms. The van der Waals surface area contributed by atoms with Crippen LogP contribution in [-0.4, -0.2) is 17.8 Å². The number of hydroxylamine groups is 1.